The fourth-order valence-corrected chi connectivity index (χ4v) is 2.28. The third-order valence-corrected chi connectivity index (χ3v) is 3.34. The van der Waals surface area contributed by atoms with Gasteiger partial charge in [0.1, 0.15) is 5.75 Å². The fraction of sp³-hybridized carbons (Fsp3) is 0.400. The van der Waals surface area contributed by atoms with E-state index in [0.29, 0.717) is 0 Å². The van der Waals surface area contributed by atoms with Gasteiger partial charge in [0.15, 0.2) is 0 Å². The molecule has 1 aromatic carbocycles. The zero-order chi connectivity index (χ0) is 13.0. The minimum absolute atomic E-state index is 0.0513. The molecule has 96 valence electrons. The smallest absolute Gasteiger partial charge is 0.246 e. The van der Waals surface area contributed by atoms with Crippen LogP contribution in [-0.2, 0) is 4.79 Å². The molecule has 1 heterocycles. The van der Waals surface area contributed by atoms with E-state index in [2.05, 4.69) is 0 Å². The Balaban J connectivity index is 2.12. The number of phenols is 1. The van der Waals surface area contributed by atoms with Gasteiger partial charge in [0.2, 0.25) is 5.91 Å². The topological polar surface area (TPSA) is 40.5 Å². The molecule has 1 saturated heterocycles. The Labute approximate surface area is 108 Å². The van der Waals surface area contributed by atoms with Crippen molar-refractivity contribution < 1.29 is 9.90 Å². The number of aromatic hydroxyl groups is 1. The molecular formula is C15H19NO2. The van der Waals surface area contributed by atoms with Gasteiger partial charge < -0.3 is 10.0 Å². The number of allylic oxidation sites excluding steroid dienone is 1. The molecule has 18 heavy (non-hydrogen) atoms. The monoisotopic (exact) mass is 245 g/mol. The average Bonchev–Trinajstić information content (AvgIpc) is 2.40. The molecular weight excluding hydrogens is 226 g/mol. The summed E-state index contributed by atoms with van der Waals surface area (Å²) in [4.78, 5) is 13.9. The first-order chi connectivity index (χ1) is 8.68. The first kappa shape index (κ1) is 12.7. The van der Waals surface area contributed by atoms with E-state index in [0.717, 1.165) is 37.1 Å². The number of nitrogens with zero attached hydrogens (tertiary/aromatic N) is 1. The number of phenolic OH excluding ortho intramolecular Hbond substituents is 1. The molecule has 0 unspecified atom stereocenters. The van der Waals surface area contributed by atoms with Gasteiger partial charge in [0.05, 0.1) is 0 Å². The molecule has 1 fully saturated rings. The van der Waals surface area contributed by atoms with Crippen LogP contribution in [0, 0.1) is 0 Å². The second-order valence-corrected chi connectivity index (χ2v) is 4.73. The van der Waals surface area contributed by atoms with Gasteiger partial charge in [-0.15, -0.1) is 0 Å². The second kappa shape index (κ2) is 5.71. The normalized spacial score (nSPS) is 16.7. The number of hydrogen-bond donors (Lipinski definition) is 1. The number of hydrogen-bond acceptors (Lipinski definition) is 2. The van der Waals surface area contributed by atoms with Crippen molar-refractivity contribution in [3.63, 3.8) is 0 Å². The maximum atomic E-state index is 12.1. The predicted molar refractivity (Wildman–Crippen MR) is 72.2 cm³/mol. The Morgan fingerprint density at radius 3 is 2.56 bits per heavy atom. The minimum Gasteiger partial charge on any atom is -0.507 e. The SMILES string of the molecule is CC(=CC(=O)N1CCCCC1)c1ccccc1O. The Kier molecular flexibility index (Phi) is 4.03. The summed E-state index contributed by atoms with van der Waals surface area (Å²) < 4.78 is 0. The Morgan fingerprint density at radius 1 is 1.22 bits per heavy atom. The van der Waals surface area contributed by atoms with Gasteiger partial charge in [0, 0.05) is 24.7 Å². The van der Waals surface area contributed by atoms with E-state index in [1.54, 1.807) is 18.2 Å². The number of likely N-dealkylation sites (tertiary alicyclic amines) is 1. The maximum absolute atomic E-state index is 12.1. The van der Waals surface area contributed by atoms with Crippen molar-refractivity contribution in [2.24, 2.45) is 0 Å². The quantitative estimate of drug-likeness (QED) is 0.814. The van der Waals surface area contributed by atoms with Crippen LogP contribution in [0.3, 0.4) is 0 Å². The van der Waals surface area contributed by atoms with Gasteiger partial charge in [-0.3, -0.25) is 4.79 Å². The molecule has 0 atom stereocenters. The summed E-state index contributed by atoms with van der Waals surface area (Å²) in [5.41, 5.74) is 1.53. The molecule has 0 radical (unpaired) electrons. The van der Waals surface area contributed by atoms with Gasteiger partial charge in [-0.1, -0.05) is 18.2 Å². The highest BCUT2D eigenvalue weighted by atomic mass is 16.3. The molecule has 1 amide bonds. The highest BCUT2D eigenvalue weighted by Gasteiger charge is 2.15. The highest BCUT2D eigenvalue weighted by molar-refractivity contribution is 5.95. The van der Waals surface area contributed by atoms with Crippen molar-refractivity contribution in [3.8, 4) is 5.75 Å². The van der Waals surface area contributed by atoms with Crippen LogP contribution in [0.5, 0.6) is 5.75 Å². The summed E-state index contributed by atoms with van der Waals surface area (Å²) in [7, 11) is 0. The van der Waals surface area contributed by atoms with E-state index in [1.807, 2.05) is 24.0 Å². The van der Waals surface area contributed by atoms with Crippen LogP contribution in [0.15, 0.2) is 30.3 Å². The van der Waals surface area contributed by atoms with E-state index >= 15 is 0 Å². The Bertz CT molecular complexity index is 459. The first-order valence-corrected chi connectivity index (χ1v) is 6.44. The molecule has 1 N–H and O–H groups in total. The number of carbonyl (C=O) groups excluding carboxylic acids is 1. The van der Waals surface area contributed by atoms with E-state index in [1.165, 1.54) is 6.42 Å². The molecule has 0 bridgehead atoms. The van der Waals surface area contributed by atoms with Crippen molar-refractivity contribution in [2.45, 2.75) is 26.2 Å². The van der Waals surface area contributed by atoms with Crippen molar-refractivity contribution in [3.05, 3.63) is 35.9 Å². The summed E-state index contributed by atoms with van der Waals surface area (Å²) in [5.74, 6) is 0.271. The lowest BCUT2D eigenvalue weighted by molar-refractivity contribution is -0.126. The van der Waals surface area contributed by atoms with Gasteiger partial charge >= 0.3 is 0 Å². The van der Waals surface area contributed by atoms with Crippen LogP contribution < -0.4 is 0 Å². The molecule has 3 nitrogen and oxygen atoms in total. The zero-order valence-corrected chi connectivity index (χ0v) is 10.7. The van der Waals surface area contributed by atoms with Crippen molar-refractivity contribution in [1.82, 2.24) is 4.90 Å². The number of benzene rings is 1. The van der Waals surface area contributed by atoms with Crippen LogP contribution >= 0.6 is 0 Å². The molecule has 0 saturated carbocycles. The molecule has 0 spiro atoms. The zero-order valence-electron chi connectivity index (χ0n) is 10.7. The van der Waals surface area contributed by atoms with Crippen LogP contribution in [-0.4, -0.2) is 29.0 Å². The fourth-order valence-electron chi connectivity index (χ4n) is 2.28. The van der Waals surface area contributed by atoms with Gasteiger partial charge in [0.25, 0.3) is 0 Å². The summed E-state index contributed by atoms with van der Waals surface area (Å²) in [5, 5.41) is 9.74. The number of carbonyl (C=O) groups is 1. The lowest BCUT2D eigenvalue weighted by atomic mass is 10.1. The maximum Gasteiger partial charge on any atom is 0.246 e. The molecule has 1 aliphatic heterocycles. The standard InChI is InChI=1S/C15H19NO2/c1-12(13-7-3-4-8-14(13)17)11-15(18)16-9-5-2-6-10-16/h3-4,7-8,11,17H,2,5-6,9-10H2,1H3. The lowest BCUT2D eigenvalue weighted by Gasteiger charge is -2.25. The Morgan fingerprint density at radius 2 is 1.89 bits per heavy atom. The summed E-state index contributed by atoms with van der Waals surface area (Å²) in [6.07, 6.45) is 5.02. The van der Waals surface area contributed by atoms with Crippen LogP contribution in [0.25, 0.3) is 5.57 Å². The van der Waals surface area contributed by atoms with Crippen molar-refractivity contribution in [1.29, 1.82) is 0 Å². The number of rotatable bonds is 2. The number of para-hydroxylation sites is 1. The average molecular weight is 245 g/mol. The highest BCUT2D eigenvalue weighted by Crippen LogP contribution is 2.24. The third-order valence-electron chi connectivity index (χ3n) is 3.34. The molecule has 3 heteroatoms. The third kappa shape index (κ3) is 2.92. The molecule has 1 aromatic rings. The molecule has 0 aliphatic carbocycles. The molecule has 1 aliphatic rings. The van der Waals surface area contributed by atoms with E-state index in [4.69, 9.17) is 0 Å². The van der Waals surface area contributed by atoms with Crippen molar-refractivity contribution >= 4 is 11.5 Å². The summed E-state index contributed by atoms with van der Waals surface area (Å²) in [6, 6.07) is 7.10. The van der Waals surface area contributed by atoms with Crippen LogP contribution in [0.4, 0.5) is 0 Å². The van der Waals surface area contributed by atoms with Crippen LogP contribution in [0.1, 0.15) is 31.7 Å². The van der Waals surface area contributed by atoms with Gasteiger partial charge in [-0.25, -0.2) is 0 Å². The van der Waals surface area contributed by atoms with E-state index in [9.17, 15) is 9.90 Å². The van der Waals surface area contributed by atoms with E-state index < -0.39 is 0 Å². The molecule has 2 rings (SSSR count). The second-order valence-electron chi connectivity index (χ2n) is 4.73. The number of amides is 1. The Hall–Kier alpha value is -1.77. The summed E-state index contributed by atoms with van der Waals surface area (Å²) >= 11 is 0. The molecule has 0 aromatic heterocycles. The largest absolute Gasteiger partial charge is 0.507 e. The van der Waals surface area contributed by atoms with Gasteiger partial charge in [-0.05, 0) is 37.8 Å². The van der Waals surface area contributed by atoms with E-state index in [-0.39, 0.29) is 11.7 Å². The summed E-state index contributed by atoms with van der Waals surface area (Å²) in [6.45, 7) is 3.56. The number of piperidine rings is 1. The predicted octanol–water partition coefficient (Wildman–Crippen LogP) is 2.81. The van der Waals surface area contributed by atoms with Crippen LogP contribution in [0.2, 0.25) is 0 Å². The minimum atomic E-state index is 0.0513. The first-order valence-electron chi connectivity index (χ1n) is 6.44. The van der Waals surface area contributed by atoms with Gasteiger partial charge in [-0.2, -0.15) is 0 Å². The van der Waals surface area contributed by atoms with Crippen molar-refractivity contribution in [2.75, 3.05) is 13.1 Å². The lowest BCUT2D eigenvalue weighted by Crippen LogP contribution is -2.34.